The van der Waals surface area contributed by atoms with E-state index in [1.807, 2.05) is 24.3 Å². The van der Waals surface area contributed by atoms with E-state index in [0.29, 0.717) is 18.0 Å². The zero-order valence-electron chi connectivity index (χ0n) is 23.1. The third kappa shape index (κ3) is 7.84. The zero-order valence-corrected chi connectivity index (χ0v) is 23.1. The zero-order chi connectivity index (χ0) is 29.4. The molecule has 1 atom stereocenters. The van der Waals surface area contributed by atoms with Gasteiger partial charge in [-0.3, -0.25) is 19.3 Å². The minimum atomic E-state index is -0.928. The van der Waals surface area contributed by atoms with Crippen molar-refractivity contribution < 1.29 is 29.0 Å². The van der Waals surface area contributed by atoms with Gasteiger partial charge >= 0.3 is 12.0 Å². The number of Topliss-reactive ketones (excluding diaryl/α,β-unsaturated/α-hetero) is 1. The molecule has 0 saturated heterocycles. The number of carbonyl (C=O) groups excluding carboxylic acids is 3. The number of fused-ring (bicyclic) bond motifs is 1. The van der Waals surface area contributed by atoms with Crippen LogP contribution in [0.15, 0.2) is 66.7 Å². The number of urea groups is 1. The van der Waals surface area contributed by atoms with Crippen LogP contribution in [0, 0.1) is 0 Å². The molecule has 0 aliphatic carbocycles. The molecule has 1 heterocycles. The molecule has 4 N–H and O–H groups in total. The van der Waals surface area contributed by atoms with Gasteiger partial charge in [-0.05, 0) is 59.9 Å². The number of amides is 3. The van der Waals surface area contributed by atoms with Crippen molar-refractivity contribution in [1.82, 2.24) is 5.32 Å². The Balaban J connectivity index is 1.31. The van der Waals surface area contributed by atoms with Gasteiger partial charge in [-0.1, -0.05) is 36.4 Å². The van der Waals surface area contributed by atoms with Crippen molar-refractivity contribution in [2.45, 2.75) is 38.6 Å². The van der Waals surface area contributed by atoms with E-state index in [0.717, 1.165) is 34.5 Å². The number of carboxylic acid groups (broad SMARTS) is 1. The van der Waals surface area contributed by atoms with Gasteiger partial charge in [0.25, 0.3) is 0 Å². The van der Waals surface area contributed by atoms with Crippen LogP contribution in [0.25, 0.3) is 0 Å². The molecule has 10 nitrogen and oxygen atoms in total. The number of para-hydroxylation sites is 1. The number of carbonyl (C=O) groups is 4. The van der Waals surface area contributed by atoms with Crippen LogP contribution in [0.3, 0.4) is 0 Å². The number of ketones is 1. The molecular weight excluding hydrogens is 524 g/mol. The highest BCUT2D eigenvalue weighted by molar-refractivity contribution is 6.04. The van der Waals surface area contributed by atoms with E-state index in [-0.39, 0.29) is 43.5 Å². The lowest BCUT2D eigenvalue weighted by Gasteiger charge is -2.19. The Morgan fingerprint density at radius 3 is 2.49 bits per heavy atom. The molecular formula is C31H34N4O6. The topological polar surface area (TPSA) is 137 Å². The summed E-state index contributed by atoms with van der Waals surface area (Å²) in [7, 11) is 1.52. The maximum absolute atomic E-state index is 12.9. The van der Waals surface area contributed by atoms with Gasteiger partial charge in [0.15, 0.2) is 5.78 Å². The summed E-state index contributed by atoms with van der Waals surface area (Å²) in [5.74, 6) is -0.740. The van der Waals surface area contributed by atoms with Crippen molar-refractivity contribution in [3.05, 3.63) is 83.4 Å². The molecule has 0 spiro atoms. The Bertz CT molecular complexity index is 1420. The van der Waals surface area contributed by atoms with Gasteiger partial charge in [-0.15, -0.1) is 0 Å². The predicted octanol–water partition coefficient (Wildman–Crippen LogP) is 4.56. The average Bonchev–Trinajstić information content (AvgIpc) is 3.39. The molecule has 0 fully saturated rings. The second kappa shape index (κ2) is 13.5. The van der Waals surface area contributed by atoms with Crippen molar-refractivity contribution in [3.8, 4) is 5.75 Å². The lowest BCUT2D eigenvalue weighted by Crippen LogP contribution is -2.33. The SMILES string of the molecule is COc1cc(CC(=O)CNc2ccc(C(CCC(=O)O)NC(C)=O)cc2)ccc1NC(=O)N1CCc2ccccc21. The fraction of sp³-hybridized carbons (Fsp3) is 0.290. The molecule has 3 amide bonds. The highest BCUT2D eigenvalue weighted by Crippen LogP contribution is 2.30. The molecule has 214 valence electrons. The highest BCUT2D eigenvalue weighted by Gasteiger charge is 2.25. The summed E-state index contributed by atoms with van der Waals surface area (Å²) in [6.45, 7) is 2.10. The van der Waals surface area contributed by atoms with Gasteiger partial charge in [0.1, 0.15) is 5.75 Å². The van der Waals surface area contributed by atoms with Crippen molar-refractivity contribution in [2.24, 2.45) is 0 Å². The number of methoxy groups -OCH3 is 1. The van der Waals surface area contributed by atoms with E-state index in [1.54, 1.807) is 47.4 Å². The molecule has 1 unspecified atom stereocenters. The summed E-state index contributed by atoms with van der Waals surface area (Å²) in [6, 6.07) is 19.6. The number of carboxylic acids is 1. The molecule has 0 bridgehead atoms. The quantitative estimate of drug-likeness (QED) is 0.256. The summed E-state index contributed by atoms with van der Waals surface area (Å²) < 4.78 is 5.50. The van der Waals surface area contributed by atoms with Gasteiger partial charge in [-0.2, -0.15) is 0 Å². The lowest BCUT2D eigenvalue weighted by molar-refractivity contribution is -0.137. The molecule has 4 rings (SSSR count). The Hall–Kier alpha value is -4.86. The highest BCUT2D eigenvalue weighted by atomic mass is 16.5. The number of hydrogen-bond acceptors (Lipinski definition) is 6. The van der Waals surface area contributed by atoms with Crippen LogP contribution in [0.5, 0.6) is 5.75 Å². The summed E-state index contributed by atoms with van der Waals surface area (Å²) in [5, 5.41) is 17.8. The molecule has 41 heavy (non-hydrogen) atoms. The third-order valence-electron chi connectivity index (χ3n) is 6.87. The van der Waals surface area contributed by atoms with Gasteiger partial charge in [-0.25, -0.2) is 4.79 Å². The van der Waals surface area contributed by atoms with E-state index in [9.17, 15) is 19.2 Å². The van der Waals surface area contributed by atoms with Gasteiger partial charge < -0.3 is 25.8 Å². The number of nitrogens with zero attached hydrogens (tertiary/aromatic N) is 1. The number of anilines is 3. The fourth-order valence-electron chi connectivity index (χ4n) is 4.84. The summed E-state index contributed by atoms with van der Waals surface area (Å²) in [4.78, 5) is 49.8. The van der Waals surface area contributed by atoms with Crippen LogP contribution >= 0.6 is 0 Å². The molecule has 3 aromatic rings. The third-order valence-corrected chi connectivity index (χ3v) is 6.87. The minimum absolute atomic E-state index is 0.0424. The van der Waals surface area contributed by atoms with Gasteiger partial charge in [0.2, 0.25) is 5.91 Å². The van der Waals surface area contributed by atoms with Gasteiger partial charge in [0, 0.05) is 37.7 Å². The van der Waals surface area contributed by atoms with Crippen molar-refractivity contribution in [2.75, 3.05) is 35.7 Å². The molecule has 0 radical (unpaired) electrons. The van der Waals surface area contributed by atoms with Crippen LogP contribution in [0.1, 0.15) is 42.5 Å². The molecule has 10 heteroatoms. The Morgan fingerprint density at radius 2 is 1.78 bits per heavy atom. The Labute approximate surface area is 238 Å². The second-order valence-electron chi connectivity index (χ2n) is 9.87. The van der Waals surface area contributed by atoms with E-state index in [4.69, 9.17) is 9.84 Å². The normalized spacial score (nSPS) is 12.7. The van der Waals surface area contributed by atoms with Gasteiger partial charge in [0.05, 0.1) is 25.4 Å². The first-order valence-electron chi connectivity index (χ1n) is 13.4. The van der Waals surface area contributed by atoms with Crippen LogP contribution in [0.4, 0.5) is 21.9 Å². The lowest BCUT2D eigenvalue weighted by atomic mass is 10.0. The predicted molar refractivity (Wildman–Crippen MR) is 157 cm³/mol. The summed E-state index contributed by atoms with van der Waals surface area (Å²) in [5.41, 5.74) is 4.83. The van der Waals surface area contributed by atoms with E-state index < -0.39 is 12.0 Å². The minimum Gasteiger partial charge on any atom is -0.495 e. The molecule has 1 aliphatic heterocycles. The number of aliphatic carboxylic acids is 1. The maximum Gasteiger partial charge on any atom is 0.326 e. The monoisotopic (exact) mass is 558 g/mol. The van der Waals surface area contributed by atoms with Crippen molar-refractivity contribution >= 4 is 40.8 Å². The largest absolute Gasteiger partial charge is 0.495 e. The number of benzene rings is 3. The van der Waals surface area contributed by atoms with Crippen LogP contribution in [-0.4, -0.2) is 49.0 Å². The molecule has 0 saturated carbocycles. The molecule has 3 aromatic carbocycles. The first kappa shape index (κ1) is 29.1. The van der Waals surface area contributed by atoms with Crippen LogP contribution in [-0.2, 0) is 27.2 Å². The van der Waals surface area contributed by atoms with Crippen molar-refractivity contribution in [1.29, 1.82) is 0 Å². The number of hydrogen-bond donors (Lipinski definition) is 4. The molecule has 1 aliphatic rings. The van der Waals surface area contributed by atoms with Crippen LogP contribution < -0.4 is 25.6 Å². The molecule has 0 aromatic heterocycles. The second-order valence-corrected chi connectivity index (χ2v) is 9.87. The Morgan fingerprint density at radius 1 is 1.02 bits per heavy atom. The van der Waals surface area contributed by atoms with E-state index in [1.165, 1.54) is 14.0 Å². The Kier molecular flexibility index (Phi) is 9.57. The number of rotatable bonds is 12. The maximum atomic E-state index is 12.9. The smallest absolute Gasteiger partial charge is 0.326 e. The number of ether oxygens (including phenoxy) is 1. The first-order chi connectivity index (χ1) is 19.7. The van der Waals surface area contributed by atoms with Crippen molar-refractivity contribution in [3.63, 3.8) is 0 Å². The van der Waals surface area contributed by atoms with Crippen LogP contribution in [0.2, 0.25) is 0 Å². The fourth-order valence-corrected chi connectivity index (χ4v) is 4.84. The standard InChI is InChI=1S/C31H34N4O6/c1-20(36)33-26(13-14-30(38)39)22-8-10-24(11-9-22)32-19-25(37)17-21-7-12-27(29(18-21)41-2)34-31(40)35-16-15-23-5-3-4-6-28(23)35/h3-12,18,26,32H,13-17,19H2,1-2H3,(H,33,36)(H,34,40)(H,38,39). The summed E-state index contributed by atoms with van der Waals surface area (Å²) >= 11 is 0. The summed E-state index contributed by atoms with van der Waals surface area (Å²) in [6.07, 6.45) is 1.20. The average molecular weight is 559 g/mol. The number of nitrogens with one attached hydrogen (secondary N) is 3. The van der Waals surface area contributed by atoms with E-state index >= 15 is 0 Å². The van der Waals surface area contributed by atoms with E-state index in [2.05, 4.69) is 16.0 Å². The first-order valence-corrected chi connectivity index (χ1v) is 13.4.